The molecule has 1 aliphatic rings. The molecule has 0 aliphatic carbocycles. The van der Waals surface area contributed by atoms with Gasteiger partial charge in [-0.05, 0) is 82.4 Å². The second-order valence-electron chi connectivity index (χ2n) is 8.44. The second-order valence-corrected chi connectivity index (χ2v) is 8.44. The van der Waals surface area contributed by atoms with Gasteiger partial charge in [0.25, 0.3) is 5.91 Å². The van der Waals surface area contributed by atoms with Crippen molar-refractivity contribution in [2.45, 2.75) is 46.5 Å². The maximum Gasteiger partial charge on any atom is 0.259 e. The summed E-state index contributed by atoms with van der Waals surface area (Å²) in [5, 5.41) is 11.2. The van der Waals surface area contributed by atoms with Gasteiger partial charge in [-0.15, -0.1) is 0 Å². The first-order chi connectivity index (χ1) is 14.4. The monoisotopic (exact) mass is 402 g/mol. The molecule has 1 aromatic heterocycles. The van der Waals surface area contributed by atoms with Crippen molar-refractivity contribution in [3.05, 3.63) is 76.1 Å². The molecule has 2 heterocycles. The van der Waals surface area contributed by atoms with Crippen LogP contribution in [0.15, 0.2) is 42.6 Å². The van der Waals surface area contributed by atoms with Crippen molar-refractivity contribution in [1.82, 2.24) is 15.1 Å². The number of amides is 1. The SMILES string of the molecule is Cc1ccc(-n2ncc(C(=O)Nc3cc(C)ccc3C)c2C2CCNCC2)c(C)c1. The Morgan fingerprint density at radius 1 is 1.00 bits per heavy atom. The van der Waals surface area contributed by atoms with E-state index in [1.165, 1.54) is 5.56 Å². The van der Waals surface area contributed by atoms with E-state index in [4.69, 9.17) is 5.10 Å². The van der Waals surface area contributed by atoms with Crippen LogP contribution in [-0.2, 0) is 0 Å². The number of piperidine rings is 1. The summed E-state index contributed by atoms with van der Waals surface area (Å²) in [4.78, 5) is 13.3. The number of aromatic nitrogens is 2. The fourth-order valence-electron chi connectivity index (χ4n) is 4.32. The molecule has 2 N–H and O–H groups in total. The Kier molecular flexibility index (Phi) is 5.73. The van der Waals surface area contributed by atoms with Crippen molar-refractivity contribution in [2.24, 2.45) is 0 Å². The fourth-order valence-corrected chi connectivity index (χ4v) is 4.32. The van der Waals surface area contributed by atoms with E-state index in [0.717, 1.165) is 59.7 Å². The summed E-state index contributed by atoms with van der Waals surface area (Å²) < 4.78 is 1.99. The standard InChI is InChI=1S/C25H30N4O/c1-16-6-8-23(19(4)13-16)29-24(20-9-11-26-12-10-20)21(15-27-29)25(30)28-22-14-17(2)5-7-18(22)3/h5-8,13-15,20,26H,9-12H2,1-4H3,(H,28,30). The molecule has 0 bridgehead atoms. The van der Waals surface area contributed by atoms with E-state index in [-0.39, 0.29) is 5.91 Å². The molecule has 1 fully saturated rings. The van der Waals surface area contributed by atoms with Gasteiger partial charge in [0.2, 0.25) is 0 Å². The van der Waals surface area contributed by atoms with Crippen molar-refractivity contribution in [2.75, 3.05) is 18.4 Å². The predicted molar refractivity (Wildman–Crippen MR) is 122 cm³/mol. The molecule has 0 saturated carbocycles. The van der Waals surface area contributed by atoms with Crippen LogP contribution < -0.4 is 10.6 Å². The van der Waals surface area contributed by atoms with Gasteiger partial charge in [0.15, 0.2) is 0 Å². The topological polar surface area (TPSA) is 59.0 Å². The molecule has 156 valence electrons. The fraction of sp³-hybridized carbons (Fsp3) is 0.360. The van der Waals surface area contributed by atoms with Crippen molar-refractivity contribution in [3.8, 4) is 5.69 Å². The summed E-state index contributed by atoms with van der Waals surface area (Å²) in [6.45, 7) is 10.2. The molecule has 0 atom stereocenters. The number of nitrogens with zero attached hydrogens (tertiary/aromatic N) is 2. The largest absolute Gasteiger partial charge is 0.322 e. The molecule has 0 spiro atoms. The van der Waals surface area contributed by atoms with Crippen molar-refractivity contribution < 1.29 is 4.79 Å². The third kappa shape index (κ3) is 4.03. The van der Waals surface area contributed by atoms with Gasteiger partial charge >= 0.3 is 0 Å². The highest BCUT2D eigenvalue weighted by molar-refractivity contribution is 6.05. The predicted octanol–water partition coefficient (Wildman–Crippen LogP) is 4.83. The normalized spacial score (nSPS) is 14.7. The first-order valence-electron chi connectivity index (χ1n) is 10.7. The molecular weight excluding hydrogens is 372 g/mol. The smallest absolute Gasteiger partial charge is 0.259 e. The van der Waals surface area contributed by atoms with Gasteiger partial charge in [0.1, 0.15) is 0 Å². The molecule has 0 unspecified atom stereocenters. The van der Waals surface area contributed by atoms with E-state index < -0.39 is 0 Å². The Labute approximate surface area is 178 Å². The highest BCUT2D eigenvalue weighted by atomic mass is 16.1. The lowest BCUT2D eigenvalue weighted by molar-refractivity contribution is 0.102. The average Bonchev–Trinajstić information content (AvgIpc) is 3.16. The minimum absolute atomic E-state index is 0.0896. The molecule has 3 aromatic rings. The van der Waals surface area contributed by atoms with Gasteiger partial charge in [-0.2, -0.15) is 5.10 Å². The Morgan fingerprint density at radius 2 is 1.70 bits per heavy atom. The zero-order valence-electron chi connectivity index (χ0n) is 18.2. The number of nitrogens with one attached hydrogen (secondary N) is 2. The van der Waals surface area contributed by atoms with E-state index in [1.54, 1.807) is 6.20 Å². The van der Waals surface area contributed by atoms with Gasteiger partial charge < -0.3 is 10.6 Å². The molecule has 1 saturated heterocycles. The van der Waals surface area contributed by atoms with Crippen molar-refractivity contribution in [3.63, 3.8) is 0 Å². The van der Waals surface area contributed by atoms with Crippen LogP contribution in [0.3, 0.4) is 0 Å². The minimum Gasteiger partial charge on any atom is -0.322 e. The molecule has 0 radical (unpaired) electrons. The van der Waals surface area contributed by atoms with E-state index in [9.17, 15) is 4.79 Å². The van der Waals surface area contributed by atoms with Gasteiger partial charge in [0, 0.05) is 11.6 Å². The quantitative estimate of drug-likeness (QED) is 0.657. The molecular formula is C25H30N4O. The lowest BCUT2D eigenvalue weighted by atomic mass is 9.91. The summed E-state index contributed by atoms with van der Waals surface area (Å²) in [6.07, 6.45) is 3.73. The zero-order chi connectivity index (χ0) is 21.3. The number of carbonyl (C=O) groups excluding carboxylic acids is 1. The van der Waals surface area contributed by atoms with Crippen molar-refractivity contribution >= 4 is 11.6 Å². The highest BCUT2D eigenvalue weighted by Crippen LogP contribution is 2.32. The van der Waals surface area contributed by atoms with Crippen LogP contribution in [0.4, 0.5) is 5.69 Å². The first kappa shape index (κ1) is 20.4. The third-order valence-corrected chi connectivity index (χ3v) is 6.00. The Balaban J connectivity index is 1.76. The van der Waals surface area contributed by atoms with E-state index in [1.807, 2.05) is 30.7 Å². The van der Waals surface area contributed by atoms with E-state index in [0.29, 0.717) is 11.5 Å². The van der Waals surface area contributed by atoms with Gasteiger partial charge in [-0.1, -0.05) is 29.8 Å². The zero-order valence-corrected chi connectivity index (χ0v) is 18.2. The molecule has 1 aliphatic heterocycles. The molecule has 2 aromatic carbocycles. The number of benzene rings is 2. The average molecular weight is 403 g/mol. The Hall–Kier alpha value is -2.92. The molecule has 5 heteroatoms. The van der Waals surface area contributed by atoms with E-state index in [2.05, 4.69) is 48.7 Å². The lowest BCUT2D eigenvalue weighted by Gasteiger charge is -2.25. The summed E-state index contributed by atoms with van der Waals surface area (Å²) in [6, 6.07) is 12.5. The van der Waals surface area contributed by atoms with Crippen LogP contribution in [0.1, 0.15) is 57.1 Å². The Morgan fingerprint density at radius 3 is 2.43 bits per heavy atom. The van der Waals surface area contributed by atoms with Crippen LogP contribution in [-0.4, -0.2) is 28.8 Å². The molecule has 1 amide bonds. The van der Waals surface area contributed by atoms with Crippen LogP contribution >= 0.6 is 0 Å². The highest BCUT2D eigenvalue weighted by Gasteiger charge is 2.27. The van der Waals surface area contributed by atoms with Gasteiger partial charge in [-0.3, -0.25) is 4.79 Å². The molecule has 30 heavy (non-hydrogen) atoms. The maximum atomic E-state index is 13.3. The van der Waals surface area contributed by atoms with Crippen LogP contribution in [0.25, 0.3) is 5.69 Å². The number of hydrogen-bond donors (Lipinski definition) is 2. The van der Waals surface area contributed by atoms with Crippen molar-refractivity contribution in [1.29, 1.82) is 0 Å². The van der Waals surface area contributed by atoms with Crippen LogP contribution in [0.5, 0.6) is 0 Å². The summed E-state index contributed by atoms with van der Waals surface area (Å²) in [5.41, 5.74) is 8.15. The molecule has 4 rings (SSSR count). The van der Waals surface area contributed by atoms with Gasteiger partial charge in [0.05, 0.1) is 23.1 Å². The first-order valence-corrected chi connectivity index (χ1v) is 10.7. The lowest BCUT2D eigenvalue weighted by Crippen LogP contribution is -2.29. The number of rotatable bonds is 4. The number of hydrogen-bond acceptors (Lipinski definition) is 3. The summed E-state index contributed by atoms with van der Waals surface area (Å²) in [7, 11) is 0. The van der Waals surface area contributed by atoms with E-state index >= 15 is 0 Å². The second kappa shape index (κ2) is 8.44. The van der Waals surface area contributed by atoms with Crippen LogP contribution in [0, 0.1) is 27.7 Å². The van der Waals surface area contributed by atoms with Gasteiger partial charge in [-0.25, -0.2) is 4.68 Å². The summed E-state index contributed by atoms with van der Waals surface area (Å²) >= 11 is 0. The van der Waals surface area contributed by atoms with Crippen LogP contribution in [0.2, 0.25) is 0 Å². The number of carbonyl (C=O) groups is 1. The minimum atomic E-state index is -0.0896. The Bertz CT molecular complexity index is 1080. The number of anilines is 1. The summed E-state index contributed by atoms with van der Waals surface area (Å²) in [5.74, 6) is 0.210. The number of aryl methyl sites for hydroxylation is 4. The third-order valence-electron chi connectivity index (χ3n) is 6.00. The molecule has 5 nitrogen and oxygen atoms in total. The maximum absolute atomic E-state index is 13.3.